The van der Waals surface area contributed by atoms with Gasteiger partial charge in [-0.3, -0.25) is 14.7 Å². The number of benzene rings is 1. The van der Waals surface area contributed by atoms with Crippen molar-refractivity contribution in [2.45, 2.75) is 12.8 Å². The summed E-state index contributed by atoms with van der Waals surface area (Å²) in [6.07, 6.45) is 2.82. The van der Waals surface area contributed by atoms with Crippen molar-refractivity contribution >= 4 is 40.8 Å². The number of nitrogens with one attached hydrogen (secondary N) is 1. The number of halogens is 2. The normalized spacial score (nSPS) is 14.1. The van der Waals surface area contributed by atoms with Crippen LogP contribution in [0.2, 0.25) is 10.0 Å². The van der Waals surface area contributed by atoms with Crippen molar-refractivity contribution in [2.75, 3.05) is 18.4 Å². The first-order valence-electron chi connectivity index (χ1n) is 6.29. The maximum Gasteiger partial charge on any atom is 0.229 e. The molecule has 6 heteroatoms. The molecule has 0 spiro atoms. The molecule has 0 atom stereocenters. The van der Waals surface area contributed by atoms with E-state index in [-0.39, 0.29) is 5.91 Å². The van der Waals surface area contributed by atoms with E-state index >= 15 is 0 Å². The van der Waals surface area contributed by atoms with Gasteiger partial charge in [-0.2, -0.15) is 0 Å². The second-order valence-electron chi connectivity index (χ2n) is 4.33. The van der Waals surface area contributed by atoms with Crippen LogP contribution >= 0.6 is 23.2 Å². The van der Waals surface area contributed by atoms with Gasteiger partial charge in [-0.15, -0.1) is 6.58 Å². The Bertz CT molecular complexity index is 557. The molecule has 0 saturated heterocycles. The molecule has 1 aliphatic heterocycles. The molecule has 4 nitrogen and oxygen atoms in total. The average Bonchev–Trinajstić information content (AvgIpc) is 2.87. The lowest BCUT2D eigenvalue weighted by molar-refractivity contribution is -0.126. The Morgan fingerprint density at radius 3 is 3.00 bits per heavy atom. The number of rotatable bonds is 4. The highest BCUT2D eigenvalue weighted by atomic mass is 35.5. The van der Waals surface area contributed by atoms with Crippen LogP contribution < -0.4 is 5.32 Å². The van der Waals surface area contributed by atoms with Crippen molar-refractivity contribution in [1.29, 1.82) is 0 Å². The molecule has 1 aromatic carbocycles. The Morgan fingerprint density at radius 2 is 2.30 bits per heavy atom. The number of hydrogen-bond donors (Lipinski definition) is 1. The lowest BCUT2D eigenvalue weighted by Gasteiger charge is -2.19. The zero-order chi connectivity index (χ0) is 14.5. The molecule has 1 N–H and O–H groups in total. The first-order valence-corrected chi connectivity index (χ1v) is 7.05. The number of aliphatic imine (C=N–C) groups is 1. The zero-order valence-electron chi connectivity index (χ0n) is 10.9. The summed E-state index contributed by atoms with van der Waals surface area (Å²) in [5, 5.41) is 4.14. The molecule has 20 heavy (non-hydrogen) atoms. The van der Waals surface area contributed by atoms with Crippen LogP contribution in [0.1, 0.15) is 12.8 Å². The Balaban J connectivity index is 2.07. The number of carbonyl (C=O) groups is 1. The first kappa shape index (κ1) is 14.9. The number of guanidine groups is 1. The molecule has 1 aliphatic rings. The van der Waals surface area contributed by atoms with Gasteiger partial charge >= 0.3 is 0 Å². The standard InChI is InChI=1S/C14H15Cl2N3O/c1-2-3-4-13(20)19-8-7-17-14(19)18-12-6-5-10(15)9-11(12)16/h2,5-6,9H,1,3-4,7-8H2,(H,17,18). The van der Waals surface area contributed by atoms with Crippen LogP contribution in [0.3, 0.4) is 0 Å². The highest BCUT2D eigenvalue weighted by Crippen LogP contribution is 2.26. The third-order valence-corrected chi connectivity index (χ3v) is 3.43. The average molecular weight is 312 g/mol. The fourth-order valence-corrected chi connectivity index (χ4v) is 2.32. The molecule has 0 fully saturated rings. The van der Waals surface area contributed by atoms with E-state index in [0.29, 0.717) is 47.6 Å². The van der Waals surface area contributed by atoms with E-state index in [1.165, 1.54) is 0 Å². The Morgan fingerprint density at radius 1 is 1.50 bits per heavy atom. The van der Waals surface area contributed by atoms with Crippen molar-refractivity contribution in [1.82, 2.24) is 4.90 Å². The summed E-state index contributed by atoms with van der Waals surface area (Å²) in [7, 11) is 0. The zero-order valence-corrected chi connectivity index (χ0v) is 12.4. The summed E-state index contributed by atoms with van der Waals surface area (Å²) >= 11 is 12.0. The summed E-state index contributed by atoms with van der Waals surface area (Å²) in [6, 6.07) is 5.14. The number of nitrogens with zero attached hydrogens (tertiary/aromatic N) is 2. The van der Waals surface area contributed by atoms with Gasteiger partial charge in [0.1, 0.15) is 0 Å². The fourth-order valence-electron chi connectivity index (χ4n) is 1.87. The van der Waals surface area contributed by atoms with Gasteiger partial charge in [0.2, 0.25) is 11.9 Å². The highest BCUT2D eigenvalue weighted by molar-refractivity contribution is 6.36. The van der Waals surface area contributed by atoms with Crippen molar-refractivity contribution in [3.05, 3.63) is 40.9 Å². The molecule has 106 valence electrons. The maximum atomic E-state index is 12.0. The Kier molecular flexibility index (Phi) is 5.04. The minimum absolute atomic E-state index is 0.0266. The molecule has 0 radical (unpaired) electrons. The van der Waals surface area contributed by atoms with Gasteiger partial charge in [0.05, 0.1) is 17.3 Å². The van der Waals surface area contributed by atoms with E-state index in [9.17, 15) is 4.79 Å². The molecule has 0 saturated carbocycles. The second kappa shape index (κ2) is 6.77. The van der Waals surface area contributed by atoms with Gasteiger partial charge in [0, 0.05) is 18.0 Å². The number of carbonyl (C=O) groups excluding carboxylic acids is 1. The number of hydrogen-bond acceptors (Lipinski definition) is 3. The molecule has 0 bridgehead atoms. The molecular weight excluding hydrogens is 297 g/mol. The Labute approximate surface area is 128 Å². The van der Waals surface area contributed by atoms with Gasteiger partial charge in [-0.1, -0.05) is 29.3 Å². The molecule has 1 heterocycles. The molecule has 0 aliphatic carbocycles. The lowest BCUT2D eigenvalue weighted by atomic mass is 10.3. The van der Waals surface area contributed by atoms with E-state index in [4.69, 9.17) is 23.2 Å². The van der Waals surface area contributed by atoms with E-state index in [1.807, 2.05) is 0 Å². The van der Waals surface area contributed by atoms with Crippen LogP contribution in [0.25, 0.3) is 0 Å². The van der Waals surface area contributed by atoms with Crippen LogP contribution in [-0.4, -0.2) is 29.9 Å². The quantitative estimate of drug-likeness (QED) is 0.864. The van der Waals surface area contributed by atoms with Gasteiger partial charge in [0.25, 0.3) is 0 Å². The number of allylic oxidation sites excluding steroid dienone is 1. The molecular formula is C14H15Cl2N3O. The van der Waals surface area contributed by atoms with Gasteiger partial charge in [-0.05, 0) is 24.6 Å². The monoisotopic (exact) mass is 311 g/mol. The SMILES string of the molecule is C=CCCC(=O)N1CCN=C1Nc1ccc(Cl)cc1Cl. The third-order valence-electron chi connectivity index (χ3n) is 2.88. The minimum atomic E-state index is 0.0266. The molecule has 1 amide bonds. The largest absolute Gasteiger partial charge is 0.325 e. The van der Waals surface area contributed by atoms with Crippen LogP contribution in [0.5, 0.6) is 0 Å². The summed E-state index contributed by atoms with van der Waals surface area (Å²) in [6.45, 7) is 4.80. The van der Waals surface area contributed by atoms with E-state index in [2.05, 4.69) is 16.9 Å². The van der Waals surface area contributed by atoms with E-state index in [0.717, 1.165) is 0 Å². The Hall–Kier alpha value is -1.52. The maximum absolute atomic E-state index is 12.0. The number of amides is 1. The summed E-state index contributed by atoms with van der Waals surface area (Å²) in [4.78, 5) is 18.0. The van der Waals surface area contributed by atoms with Crippen molar-refractivity contribution in [3.63, 3.8) is 0 Å². The summed E-state index contributed by atoms with van der Waals surface area (Å²) in [5.74, 6) is 0.557. The van der Waals surface area contributed by atoms with Crippen molar-refractivity contribution < 1.29 is 4.79 Å². The topological polar surface area (TPSA) is 44.7 Å². The van der Waals surface area contributed by atoms with E-state index < -0.39 is 0 Å². The molecule has 0 unspecified atom stereocenters. The summed E-state index contributed by atoms with van der Waals surface area (Å²) < 4.78 is 0. The summed E-state index contributed by atoms with van der Waals surface area (Å²) in [5.41, 5.74) is 0.679. The predicted molar refractivity (Wildman–Crippen MR) is 83.5 cm³/mol. The fraction of sp³-hybridized carbons (Fsp3) is 0.286. The molecule has 2 rings (SSSR count). The molecule has 1 aromatic rings. The predicted octanol–water partition coefficient (Wildman–Crippen LogP) is 3.57. The van der Waals surface area contributed by atoms with Crippen molar-refractivity contribution in [2.24, 2.45) is 4.99 Å². The van der Waals surface area contributed by atoms with Crippen LogP contribution in [0.15, 0.2) is 35.8 Å². The highest BCUT2D eigenvalue weighted by Gasteiger charge is 2.23. The van der Waals surface area contributed by atoms with Crippen LogP contribution in [0, 0.1) is 0 Å². The smallest absolute Gasteiger partial charge is 0.229 e. The van der Waals surface area contributed by atoms with Crippen LogP contribution in [-0.2, 0) is 4.79 Å². The van der Waals surface area contributed by atoms with Gasteiger partial charge in [-0.25, -0.2) is 0 Å². The molecule has 0 aromatic heterocycles. The number of anilines is 1. The lowest BCUT2D eigenvalue weighted by Crippen LogP contribution is -2.38. The van der Waals surface area contributed by atoms with E-state index in [1.54, 1.807) is 29.2 Å². The third kappa shape index (κ3) is 3.52. The van der Waals surface area contributed by atoms with Gasteiger partial charge in [0.15, 0.2) is 0 Å². The minimum Gasteiger partial charge on any atom is -0.325 e. The first-order chi connectivity index (χ1) is 9.61. The van der Waals surface area contributed by atoms with Crippen LogP contribution in [0.4, 0.5) is 5.69 Å². The van der Waals surface area contributed by atoms with Crippen molar-refractivity contribution in [3.8, 4) is 0 Å². The second-order valence-corrected chi connectivity index (χ2v) is 5.17. The van der Waals surface area contributed by atoms with Gasteiger partial charge < -0.3 is 5.32 Å².